The Morgan fingerprint density at radius 2 is 1.67 bits per heavy atom. The third-order valence-electron chi connectivity index (χ3n) is 4.61. The Labute approximate surface area is 144 Å². The molecule has 0 amide bonds. The maximum atomic E-state index is 6.36. The minimum Gasteiger partial charge on any atom is -0.393 e. The second kappa shape index (κ2) is 7.51. The van der Waals surface area contributed by atoms with E-state index in [1.807, 2.05) is 0 Å². The molecule has 0 bridgehead atoms. The van der Waals surface area contributed by atoms with Crippen molar-refractivity contribution in [2.24, 2.45) is 0 Å². The van der Waals surface area contributed by atoms with Crippen molar-refractivity contribution in [3.05, 3.63) is 36.2 Å². The maximum Gasteiger partial charge on any atom is 0.159 e. The molecule has 5 heteroatoms. The molecule has 0 unspecified atom stereocenters. The number of nitrogens with one attached hydrogen (secondary N) is 1. The predicted molar refractivity (Wildman–Crippen MR) is 101 cm³/mol. The predicted octanol–water partition coefficient (Wildman–Crippen LogP) is 4.31. The van der Waals surface area contributed by atoms with Crippen molar-refractivity contribution in [1.82, 2.24) is 9.97 Å². The van der Waals surface area contributed by atoms with Gasteiger partial charge in [0.15, 0.2) is 11.6 Å². The summed E-state index contributed by atoms with van der Waals surface area (Å²) in [5, 5.41) is 3.33. The highest BCUT2D eigenvalue weighted by molar-refractivity contribution is 5.78. The zero-order valence-corrected chi connectivity index (χ0v) is 14.6. The van der Waals surface area contributed by atoms with E-state index >= 15 is 0 Å². The second-order valence-electron chi connectivity index (χ2n) is 6.76. The largest absolute Gasteiger partial charge is 0.393 e. The third kappa shape index (κ3) is 3.78. The summed E-state index contributed by atoms with van der Waals surface area (Å²) in [4.78, 5) is 11.1. The molecule has 2 aromatic rings. The first-order valence-electron chi connectivity index (χ1n) is 8.87. The molecule has 0 atom stereocenters. The van der Waals surface area contributed by atoms with Crippen LogP contribution in [0.5, 0.6) is 0 Å². The van der Waals surface area contributed by atoms with Crippen LogP contribution in [0, 0.1) is 0 Å². The summed E-state index contributed by atoms with van der Waals surface area (Å²) in [5.74, 6) is 2.06. The van der Waals surface area contributed by atoms with Gasteiger partial charge in [0.1, 0.15) is 12.0 Å². The monoisotopic (exact) mass is 325 g/mol. The fourth-order valence-electron chi connectivity index (χ4n) is 3.11. The number of nitrogens with zero attached hydrogens (tertiary/aromatic N) is 3. The number of benzene rings is 1. The van der Waals surface area contributed by atoms with Gasteiger partial charge in [0.25, 0.3) is 0 Å². The third-order valence-corrected chi connectivity index (χ3v) is 4.61. The molecule has 1 aliphatic heterocycles. The lowest BCUT2D eigenvalue weighted by atomic mass is 10.0. The van der Waals surface area contributed by atoms with E-state index in [0.717, 1.165) is 24.6 Å². The minimum atomic E-state index is 0.526. The molecule has 0 aliphatic carbocycles. The molecule has 3 N–H and O–H groups in total. The van der Waals surface area contributed by atoms with Crippen molar-refractivity contribution >= 4 is 23.0 Å². The van der Waals surface area contributed by atoms with Gasteiger partial charge in [-0.05, 0) is 36.5 Å². The Bertz CT molecular complexity index is 658. The summed E-state index contributed by atoms with van der Waals surface area (Å²) >= 11 is 0. The molecule has 1 aromatic heterocycles. The molecule has 1 fully saturated rings. The lowest BCUT2D eigenvalue weighted by Crippen LogP contribution is -2.26. The molecule has 1 aliphatic rings. The zero-order chi connectivity index (χ0) is 16.9. The van der Waals surface area contributed by atoms with Crippen molar-refractivity contribution in [1.29, 1.82) is 0 Å². The number of rotatable bonds is 4. The fourth-order valence-corrected chi connectivity index (χ4v) is 3.11. The Kier molecular flexibility index (Phi) is 5.18. The van der Waals surface area contributed by atoms with Gasteiger partial charge >= 0.3 is 0 Å². The standard InChI is InChI=1S/C19H27N5/c1-14(2)15-7-9-16(10-8-15)23-18-17(20)19(22-13-21-18)24-11-5-3-4-6-12-24/h7-10,13-14H,3-6,11-12,20H2,1-2H3,(H,21,22,23). The summed E-state index contributed by atoms with van der Waals surface area (Å²) in [6.45, 7) is 6.42. The number of anilines is 4. The van der Waals surface area contributed by atoms with Crippen molar-refractivity contribution in [3.8, 4) is 0 Å². The molecule has 0 saturated carbocycles. The Hall–Kier alpha value is -2.30. The van der Waals surface area contributed by atoms with E-state index in [2.05, 4.69) is 58.3 Å². The van der Waals surface area contributed by atoms with E-state index in [0.29, 0.717) is 17.4 Å². The van der Waals surface area contributed by atoms with Crippen LogP contribution in [0.2, 0.25) is 0 Å². The molecular formula is C19H27N5. The SMILES string of the molecule is CC(C)c1ccc(Nc2ncnc(N3CCCCCC3)c2N)cc1. The van der Waals surface area contributed by atoms with E-state index < -0.39 is 0 Å². The lowest BCUT2D eigenvalue weighted by molar-refractivity contribution is 0.726. The number of nitrogens with two attached hydrogens (primary N) is 1. The summed E-state index contributed by atoms with van der Waals surface area (Å²) in [6.07, 6.45) is 6.57. The molecule has 1 saturated heterocycles. The zero-order valence-electron chi connectivity index (χ0n) is 14.6. The van der Waals surface area contributed by atoms with Gasteiger partial charge < -0.3 is 16.0 Å². The normalized spacial score (nSPS) is 15.4. The average Bonchev–Trinajstić information content (AvgIpc) is 2.86. The van der Waals surface area contributed by atoms with Crippen LogP contribution in [0.3, 0.4) is 0 Å². The maximum absolute atomic E-state index is 6.36. The van der Waals surface area contributed by atoms with Gasteiger partial charge in [-0.3, -0.25) is 0 Å². The van der Waals surface area contributed by atoms with Gasteiger partial charge in [0.2, 0.25) is 0 Å². The van der Waals surface area contributed by atoms with Crippen LogP contribution in [-0.4, -0.2) is 23.1 Å². The van der Waals surface area contributed by atoms with E-state index in [-0.39, 0.29) is 0 Å². The van der Waals surface area contributed by atoms with E-state index in [1.54, 1.807) is 6.33 Å². The van der Waals surface area contributed by atoms with Crippen molar-refractivity contribution < 1.29 is 0 Å². The Morgan fingerprint density at radius 1 is 1.00 bits per heavy atom. The van der Waals surface area contributed by atoms with Crippen molar-refractivity contribution in [2.45, 2.75) is 45.4 Å². The molecule has 0 spiro atoms. The minimum absolute atomic E-state index is 0.526. The van der Waals surface area contributed by atoms with Gasteiger partial charge in [-0.2, -0.15) is 0 Å². The first kappa shape index (κ1) is 16.6. The first-order valence-corrected chi connectivity index (χ1v) is 8.87. The van der Waals surface area contributed by atoms with Gasteiger partial charge in [-0.1, -0.05) is 38.8 Å². The Balaban J connectivity index is 1.79. The van der Waals surface area contributed by atoms with E-state index in [1.165, 1.54) is 31.2 Å². The summed E-state index contributed by atoms with van der Waals surface area (Å²) < 4.78 is 0. The summed E-state index contributed by atoms with van der Waals surface area (Å²) in [6, 6.07) is 8.42. The van der Waals surface area contributed by atoms with Crippen LogP contribution in [0.25, 0.3) is 0 Å². The number of nitrogen functional groups attached to an aromatic ring is 1. The van der Waals surface area contributed by atoms with Crippen LogP contribution in [-0.2, 0) is 0 Å². The fraction of sp³-hybridized carbons (Fsp3) is 0.474. The van der Waals surface area contributed by atoms with Gasteiger partial charge in [-0.15, -0.1) is 0 Å². The highest BCUT2D eigenvalue weighted by Gasteiger charge is 2.16. The summed E-state index contributed by atoms with van der Waals surface area (Å²) in [7, 11) is 0. The molecule has 0 radical (unpaired) electrons. The Morgan fingerprint density at radius 3 is 2.29 bits per heavy atom. The number of hydrogen-bond donors (Lipinski definition) is 2. The molecule has 128 valence electrons. The highest BCUT2D eigenvalue weighted by Crippen LogP contribution is 2.30. The average molecular weight is 325 g/mol. The molecule has 3 rings (SSSR count). The van der Waals surface area contributed by atoms with Gasteiger partial charge in [0, 0.05) is 18.8 Å². The lowest BCUT2D eigenvalue weighted by Gasteiger charge is -2.23. The van der Waals surface area contributed by atoms with Gasteiger partial charge in [-0.25, -0.2) is 9.97 Å². The van der Waals surface area contributed by atoms with Gasteiger partial charge in [0.05, 0.1) is 0 Å². The molecule has 24 heavy (non-hydrogen) atoms. The highest BCUT2D eigenvalue weighted by atomic mass is 15.2. The number of hydrogen-bond acceptors (Lipinski definition) is 5. The molecule has 5 nitrogen and oxygen atoms in total. The van der Waals surface area contributed by atoms with Crippen LogP contribution in [0.1, 0.15) is 51.0 Å². The topological polar surface area (TPSA) is 67.1 Å². The molecular weight excluding hydrogens is 298 g/mol. The number of aromatic nitrogens is 2. The van der Waals surface area contributed by atoms with Crippen LogP contribution in [0.4, 0.5) is 23.0 Å². The summed E-state index contributed by atoms with van der Waals surface area (Å²) in [5.41, 5.74) is 9.31. The van der Waals surface area contributed by atoms with E-state index in [9.17, 15) is 0 Å². The smallest absolute Gasteiger partial charge is 0.159 e. The quantitative estimate of drug-likeness (QED) is 0.877. The van der Waals surface area contributed by atoms with Crippen LogP contribution < -0.4 is 16.0 Å². The van der Waals surface area contributed by atoms with Crippen LogP contribution in [0.15, 0.2) is 30.6 Å². The molecule has 2 heterocycles. The van der Waals surface area contributed by atoms with E-state index in [4.69, 9.17) is 5.73 Å². The second-order valence-corrected chi connectivity index (χ2v) is 6.76. The van der Waals surface area contributed by atoms with Crippen molar-refractivity contribution in [3.63, 3.8) is 0 Å². The van der Waals surface area contributed by atoms with Crippen molar-refractivity contribution in [2.75, 3.05) is 29.0 Å². The first-order chi connectivity index (χ1) is 11.6. The van der Waals surface area contributed by atoms with Crippen LogP contribution >= 0.6 is 0 Å². The molecule has 1 aromatic carbocycles.